The molecular formula is C2H6N3Y5-3. The summed E-state index contributed by atoms with van der Waals surface area (Å²) in [5, 5.41) is 3.31. The third-order valence-corrected chi connectivity index (χ3v) is 0.224. The summed E-state index contributed by atoms with van der Waals surface area (Å²) in [4.78, 5) is 0. The molecule has 0 spiro atoms. The summed E-state index contributed by atoms with van der Waals surface area (Å²) in [7, 11) is 0. The second-order valence-electron chi connectivity index (χ2n) is 0.540. The van der Waals surface area contributed by atoms with Crippen LogP contribution in [0.1, 0.15) is 0 Å². The van der Waals surface area contributed by atoms with Crippen molar-refractivity contribution in [2.24, 2.45) is 0 Å². The van der Waals surface area contributed by atoms with Gasteiger partial charge in [0.1, 0.15) is 0 Å². The quantitative estimate of drug-likeness (QED) is 0.533. The van der Waals surface area contributed by atoms with Crippen LogP contribution in [-0.2, 0) is 164 Å². The Balaban J connectivity index is -0.00000000800. The number of hydrogen-bond donors (Lipinski definition) is 0. The largest absolute Gasteiger partial charge is 0.699 e. The molecule has 0 aromatic rings. The van der Waals surface area contributed by atoms with Gasteiger partial charge in [-0.25, -0.2) is 0 Å². The van der Waals surface area contributed by atoms with Gasteiger partial charge in [0.15, 0.2) is 0 Å². The first-order valence-corrected chi connectivity index (χ1v) is 1.34. The first-order chi connectivity index (χ1) is 2.41. The maximum absolute atomic E-state index is 6.32. The molecule has 8 heteroatoms. The molecule has 10 heavy (non-hydrogen) atoms. The molecule has 0 bridgehead atoms. The van der Waals surface area contributed by atoms with Gasteiger partial charge < -0.3 is 16.8 Å². The predicted octanol–water partition coefficient (Wildman–Crippen LogP) is 1.37. The van der Waals surface area contributed by atoms with Gasteiger partial charge in [-0.2, -0.15) is 0 Å². The average Bonchev–Trinajstić information content (AvgIpc) is 1.41. The van der Waals surface area contributed by atoms with Crippen LogP contribution in [0.4, 0.5) is 0 Å². The smallest absolute Gasteiger partial charge is 0 e. The van der Waals surface area contributed by atoms with Crippen molar-refractivity contribution in [1.82, 2.24) is 0 Å². The van der Waals surface area contributed by atoms with Gasteiger partial charge in [-0.1, -0.05) is 0 Å². The van der Waals surface area contributed by atoms with Crippen molar-refractivity contribution in [3.05, 3.63) is 16.8 Å². The SMILES string of the molecule is [NH-]C[N-]C[NH-].[Y].[Y].[Y].[Y].[Y]. The van der Waals surface area contributed by atoms with Crippen LogP contribution in [0.2, 0.25) is 0 Å². The van der Waals surface area contributed by atoms with E-state index in [1.165, 1.54) is 0 Å². The topological polar surface area (TPSA) is 61.7 Å². The van der Waals surface area contributed by atoms with Gasteiger partial charge in [-0.3, -0.25) is 13.3 Å². The Morgan fingerprint density at radius 2 is 0.900 bits per heavy atom. The Morgan fingerprint density at radius 3 is 0.900 bits per heavy atom. The first-order valence-electron chi connectivity index (χ1n) is 1.34. The molecule has 0 atom stereocenters. The Labute approximate surface area is 188 Å². The molecule has 0 amide bonds. The molecule has 0 aromatic carbocycles. The molecule has 0 fully saturated rings. The fraction of sp³-hybridized carbons (Fsp3) is 1.00. The normalized spacial score (nSPS) is 4.20. The Morgan fingerprint density at radius 1 is 0.700 bits per heavy atom. The van der Waals surface area contributed by atoms with E-state index >= 15 is 0 Å². The maximum Gasteiger partial charge on any atom is 0 e. The molecule has 3 nitrogen and oxygen atoms in total. The standard InChI is InChI=1S/C2H6N3.5Y/c3-1-5-2-4;;;;;/h3-4H,1-2H2;;;;;/q-3;;;;;. The van der Waals surface area contributed by atoms with Crippen molar-refractivity contribution in [3.8, 4) is 0 Å². The second-order valence-corrected chi connectivity index (χ2v) is 0.540. The van der Waals surface area contributed by atoms with Gasteiger partial charge in [0.05, 0.1) is 0 Å². The molecule has 0 unspecified atom stereocenters. The van der Waals surface area contributed by atoms with Crippen molar-refractivity contribution in [2.75, 3.05) is 13.3 Å². The van der Waals surface area contributed by atoms with Gasteiger partial charge in [-0.05, 0) is 0 Å². The Hall–Kier alpha value is 5.40. The van der Waals surface area contributed by atoms with Crippen LogP contribution in [0.5, 0.6) is 0 Å². The molecule has 0 heterocycles. The summed E-state index contributed by atoms with van der Waals surface area (Å²) in [6, 6.07) is 0. The minimum atomic E-state index is 0. The molecule has 0 aliphatic rings. The fourth-order valence-electron chi connectivity index (χ4n) is 0.0559. The summed E-state index contributed by atoms with van der Waals surface area (Å²) >= 11 is 0. The molecule has 0 saturated carbocycles. The van der Waals surface area contributed by atoms with E-state index in [2.05, 4.69) is 5.32 Å². The summed E-state index contributed by atoms with van der Waals surface area (Å²) in [6.07, 6.45) is 0. The number of hydrogen-bond acceptors (Lipinski definition) is 0. The minimum Gasteiger partial charge on any atom is -0.699 e. The zero-order valence-corrected chi connectivity index (χ0v) is 19.9. The summed E-state index contributed by atoms with van der Waals surface area (Å²) in [5.74, 6) is 0. The van der Waals surface area contributed by atoms with Crippen molar-refractivity contribution in [1.29, 1.82) is 0 Å². The molecule has 0 saturated heterocycles. The average molecular weight is 517 g/mol. The van der Waals surface area contributed by atoms with E-state index in [4.69, 9.17) is 11.5 Å². The summed E-state index contributed by atoms with van der Waals surface area (Å²) < 4.78 is 0. The Bertz CT molecular complexity index is 22.4. The zero-order chi connectivity index (χ0) is 4.12. The van der Waals surface area contributed by atoms with E-state index in [1.54, 1.807) is 0 Å². The molecule has 0 rings (SSSR count). The van der Waals surface area contributed by atoms with Crippen LogP contribution >= 0.6 is 0 Å². The molecule has 0 aliphatic carbocycles. The minimum absolute atomic E-state index is 0. The molecule has 0 aliphatic heterocycles. The van der Waals surface area contributed by atoms with E-state index in [0.717, 1.165) is 0 Å². The van der Waals surface area contributed by atoms with Gasteiger partial charge in [0.25, 0.3) is 0 Å². The van der Waals surface area contributed by atoms with Crippen LogP contribution in [-0.4, -0.2) is 13.3 Å². The summed E-state index contributed by atoms with van der Waals surface area (Å²) in [5.41, 5.74) is 12.6. The number of nitrogens with zero attached hydrogens (tertiary/aromatic N) is 1. The number of nitrogens with one attached hydrogen (secondary N) is 2. The van der Waals surface area contributed by atoms with Crippen molar-refractivity contribution in [3.63, 3.8) is 0 Å². The van der Waals surface area contributed by atoms with E-state index in [-0.39, 0.29) is 177 Å². The van der Waals surface area contributed by atoms with E-state index in [9.17, 15) is 0 Å². The monoisotopic (exact) mass is 517 g/mol. The van der Waals surface area contributed by atoms with Crippen LogP contribution in [0.25, 0.3) is 16.8 Å². The molecule has 2 N–H and O–H groups in total. The van der Waals surface area contributed by atoms with Gasteiger partial charge in [-0.15, -0.1) is 0 Å². The van der Waals surface area contributed by atoms with Gasteiger partial charge in [0, 0.05) is 164 Å². The van der Waals surface area contributed by atoms with Crippen molar-refractivity contribution in [2.45, 2.75) is 0 Å². The molecule has 0 aromatic heterocycles. The van der Waals surface area contributed by atoms with Crippen molar-refractivity contribution < 1.29 is 164 Å². The Kier molecular flexibility index (Phi) is 132. The van der Waals surface area contributed by atoms with Crippen molar-refractivity contribution >= 4 is 0 Å². The van der Waals surface area contributed by atoms with Crippen LogP contribution in [0, 0.1) is 0 Å². The second kappa shape index (κ2) is 36.6. The zero-order valence-electron chi connectivity index (χ0n) is 5.75. The van der Waals surface area contributed by atoms with E-state index < -0.39 is 0 Å². The molecule has 5 radical (unpaired) electrons. The van der Waals surface area contributed by atoms with Crippen LogP contribution in [0.3, 0.4) is 0 Å². The van der Waals surface area contributed by atoms with Gasteiger partial charge in [0.2, 0.25) is 0 Å². The van der Waals surface area contributed by atoms with E-state index in [0.29, 0.717) is 0 Å². The number of rotatable bonds is 2. The van der Waals surface area contributed by atoms with Gasteiger partial charge >= 0.3 is 0 Å². The fourth-order valence-corrected chi connectivity index (χ4v) is 0.0559. The van der Waals surface area contributed by atoms with Crippen LogP contribution < -0.4 is 0 Å². The summed E-state index contributed by atoms with van der Waals surface area (Å²) in [6.45, 7) is 0.0625. The molecule has 47 valence electrons. The van der Waals surface area contributed by atoms with Crippen LogP contribution in [0.15, 0.2) is 0 Å². The third kappa shape index (κ3) is 37.6. The maximum atomic E-state index is 6.32. The van der Waals surface area contributed by atoms with E-state index in [1.807, 2.05) is 0 Å². The predicted molar refractivity (Wildman–Crippen MR) is 21.7 cm³/mol. The third-order valence-electron chi connectivity index (χ3n) is 0.224. The molecular weight excluding hydrogens is 511 g/mol. The first kappa shape index (κ1) is 36.1.